The fourth-order valence-corrected chi connectivity index (χ4v) is 3.78. The minimum atomic E-state index is -0.981. The zero-order valence-electron chi connectivity index (χ0n) is 17.6. The van der Waals surface area contributed by atoms with Gasteiger partial charge in [0.15, 0.2) is 11.2 Å². The molecule has 0 bridgehead atoms. The first-order chi connectivity index (χ1) is 14.6. The minimum Gasteiger partial charge on any atom is -0.394 e. The van der Waals surface area contributed by atoms with Crippen LogP contribution in [0, 0.1) is 23.4 Å². The van der Waals surface area contributed by atoms with Crippen LogP contribution in [0.5, 0.6) is 0 Å². The molecule has 0 unspecified atom stereocenters. The minimum absolute atomic E-state index is 0.0133. The van der Waals surface area contributed by atoms with Crippen molar-refractivity contribution in [3.8, 4) is 0 Å². The van der Waals surface area contributed by atoms with Crippen molar-refractivity contribution in [2.75, 3.05) is 6.61 Å². The number of hydrogen-bond acceptors (Lipinski definition) is 3. The van der Waals surface area contributed by atoms with Gasteiger partial charge in [0.1, 0.15) is 17.5 Å². The Morgan fingerprint density at radius 2 is 1.71 bits per heavy atom. The van der Waals surface area contributed by atoms with Crippen LogP contribution in [0.2, 0.25) is 0 Å². The first kappa shape index (κ1) is 22.7. The number of aryl methyl sites for hydroxylation is 1. The van der Waals surface area contributed by atoms with E-state index in [-0.39, 0.29) is 48.3 Å². The molecule has 0 saturated heterocycles. The lowest BCUT2D eigenvalue weighted by Gasteiger charge is -2.25. The predicted octanol–water partition coefficient (Wildman–Crippen LogP) is 4.60. The van der Waals surface area contributed by atoms with E-state index in [1.807, 2.05) is 13.8 Å². The lowest BCUT2D eigenvalue weighted by molar-refractivity contribution is 0.101. The van der Waals surface area contributed by atoms with Gasteiger partial charge in [0.05, 0.1) is 23.7 Å². The smallest absolute Gasteiger partial charge is 0.200 e. The van der Waals surface area contributed by atoms with Crippen LogP contribution < -0.4 is 5.43 Å². The summed E-state index contributed by atoms with van der Waals surface area (Å²) in [5.41, 5.74) is 0.562. The van der Waals surface area contributed by atoms with Gasteiger partial charge in [-0.25, -0.2) is 13.2 Å². The number of aliphatic hydroxyl groups is 1. The summed E-state index contributed by atoms with van der Waals surface area (Å²) in [6, 6.07) is 5.98. The van der Waals surface area contributed by atoms with Crippen LogP contribution in [0.3, 0.4) is 0 Å². The molecule has 1 atom stereocenters. The quantitative estimate of drug-likeness (QED) is 0.557. The van der Waals surface area contributed by atoms with Crippen LogP contribution >= 0.6 is 0 Å². The summed E-state index contributed by atoms with van der Waals surface area (Å²) in [5.74, 6) is -3.24. The first-order valence-corrected chi connectivity index (χ1v) is 10.1. The molecule has 2 aromatic carbocycles. The summed E-state index contributed by atoms with van der Waals surface area (Å²) in [4.78, 5) is 25.0. The molecule has 4 nitrogen and oxygen atoms in total. The number of rotatable bonds is 7. The first-order valence-electron chi connectivity index (χ1n) is 10.1. The zero-order valence-corrected chi connectivity index (χ0v) is 17.6. The molecule has 1 aromatic heterocycles. The van der Waals surface area contributed by atoms with Gasteiger partial charge in [-0.1, -0.05) is 19.9 Å². The maximum absolute atomic E-state index is 13.9. The Hall–Kier alpha value is -2.93. The molecular weight excluding hydrogens is 407 g/mol. The highest BCUT2D eigenvalue weighted by molar-refractivity contribution is 5.97. The standard InChI is InChI=1S/C24H24F3NO3/c1-13(2)23(12-29)28-11-19(14(3)30)24(31)18-8-15(5-7-22(18)28)4-6-17-20(26)9-16(25)10-21(17)27/h5,7-11,13,23,29H,4,6,12H2,1-3H3/t23-/m1/s1. The van der Waals surface area contributed by atoms with E-state index in [2.05, 4.69) is 0 Å². The van der Waals surface area contributed by atoms with Gasteiger partial charge in [-0.15, -0.1) is 0 Å². The lowest BCUT2D eigenvalue weighted by Crippen LogP contribution is -2.25. The number of fused-ring (bicyclic) bond motifs is 1. The lowest BCUT2D eigenvalue weighted by atomic mass is 9.99. The fourth-order valence-electron chi connectivity index (χ4n) is 3.78. The number of aromatic nitrogens is 1. The summed E-state index contributed by atoms with van der Waals surface area (Å²) in [6.07, 6.45) is 1.68. The third kappa shape index (κ3) is 4.56. The highest BCUT2D eigenvalue weighted by Crippen LogP contribution is 2.25. The number of carbonyl (C=O) groups is 1. The normalized spacial score (nSPS) is 12.5. The van der Waals surface area contributed by atoms with Crippen molar-refractivity contribution in [2.45, 2.75) is 39.7 Å². The Morgan fingerprint density at radius 3 is 2.26 bits per heavy atom. The van der Waals surface area contributed by atoms with Gasteiger partial charge < -0.3 is 9.67 Å². The number of aliphatic hydroxyl groups excluding tert-OH is 1. The van der Waals surface area contributed by atoms with Gasteiger partial charge in [-0.05, 0) is 43.4 Å². The maximum Gasteiger partial charge on any atom is 0.200 e. The Balaban J connectivity index is 2.08. The van der Waals surface area contributed by atoms with Gasteiger partial charge >= 0.3 is 0 Å². The van der Waals surface area contributed by atoms with E-state index in [0.717, 1.165) is 0 Å². The largest absolute Gasteiger partial charge is 0.394 e. The molecule has 0 spiro atoms. The molecule has 1 N–H and O–H groups in total. The van der Waals surface area contributed by atoms with Crippen LogP contribution in [-0.4, -0.2) is 22.1 Å². The van der Waals surface area contributed by atoms with Gasteiger partial charge in [-0.3, -0.25) is 9.59 Å². The van der Waals surface area contributed by atoms with E-state index >= 15 is 0 Å². The van der Waals surface area contributed by atoms with Crippen LogP contribution in [0.1, 0.15) is 48.3 Å². The van der Waals surface area contributed by atoms with Crippen molar-refractivity contribution in [2.24, 2.45) is 5.92 Å². The monoisotopic (exact) mass is 431 g/mol. The van der Waals surface area contributed by atoms with Crippen molar-refractivity contribution in [3.05, 3.63) is 80.9 Å². The molecule has 164 valence electrons. The molecule has 31 heavy (non-hydrogen) atoms. The van der Waals surface area contributed by atoms with Crippen LogP contribution in [0.25, 0.3) is 10.9 Å². The van der Waals surface area contributed by atoms with Crippen LogP contribution in [0.15, 0.2) is 41.3 Å². The summed E-state index contributed by atoms with van der Waals surface area (Å²) in [5, 5.41) is 10.2. The summed E-state index contributed by atoms with van der Waals surface area (Å²) in [7, 11) is 0. The second-order valence-corrected chi connectivity index (χ2v) is 8.03. The van der Waals surface area contributed by atoms with Gasteiger partial charge in [0.2, 0.25) is 0 Å². The molecule has 0 amide bonds. The average molecular weight is 431 g/mol. The average Bonchev–Trinajstić information content (AvgIpc) is 2.69. The van der Waals surface area contributed by atoms with Gasteiger partial charge in [0, 0.05) is 29.3 Å². The van der Waals surface area contributed by atoms with E-state index < -0.39 is 22.9 Å². The second kappa shape index (κ2) is 9.06. The summed E-state index contributed by atoms with van der Waals surface area (Å²) in [6.45, 7) is 4.99. The van der Waals surface area contributed by atoms with E-state index in [1.54, 1.807) is 22.8 Å². The van der Waals surface area contributed by atoms with Crippen molar-refractivity contribution >= 4 is 16.7 Å². The second-order valence-electron chi connectivity index (χ2n) is 8.03. The Morgan fingerprint density at radius 1 is 1.06 bits per heavy atom. The molecule has 0 aliphatic rings. The van der Waals surface area contributed by atoms with Crippen molar-refractivity contribution < 1.29 is 23.1 Å². The molecule has 7 heteroatoms. The van der Waals surface area contributed by atoms with Crippen molar-refractivity contribution in [1.29, 1.82) is 0 Å². The number of halogens is 3. The van der Waals surface area contributed by atoms with Gasteiger partial charge in [-0.2, -0.15) is 0 Å². The molecule has 3 aromatic rings. The number of pyridine rings is 1. The molecule has 0 aliphatic heterocycles. The SMILES string of the molecule is CC(=O)c1cn([C@H](CO)C(C)C)c2ccc(CCc3c(F)cc(F)cc3F)cc2c1=O. The van der Waals surface area contributed by atoms with E-state index in [4.69, 9.17) is 0 Å². The third-order valence-electron chi connectivity index (χ3n) is 5.56. The van der Waals surface area contributed by atoms with E-state index in [9.17, 15) is 27.9 Å². The predicted molar refractivity (Wildman–Crippen MR) is 113 cm³/mol. The molecule has 0 saturated carbocycles. The number of carbonyl (C=O) groups excluding carboxylic acids is 1. The number of Topliss-reactive ketones (excluding diaryl/α,β-unsaturated/α-hetero) is 1. The van der Waals surface area contributed by atoms with Crippen LogP contribution in [-0.2, 0) is 12.8 Å². The number of nitrogens with zero attached hydrogens (tertiary/aromatic N) is 1. The van der Waals surface area contributed by atoms with Crippen molar-refractivity contribution in [1.82, 2.24) is 4.57 Å². The number of ketones is 1. The number of benzene rings is 2. The molecular formula is C24H24F3NO3. The van der Waals surface area contributed by atoms with Crippen LogP contribution in [0.4, 0.5) is 13.2 Å². The number of hydrogen-bond donors (Lipinski definition) is 1. The third-order valence-corrected chi connectivity index (χ3v) is 5.56. The van der Waals surface area contributed by atoms with E-state index in [0.29, 0.717) is 28.6 Å². The Bertz CT molecular complexity index is 1180. The Labute approximate surface area is 177 Å². The highest BCUT2D eigenvalue weighted by Gasteiger charge is 2.20. The topological polar surface area (TPSA) is 59.3 Å². The zero-order chi connectivity index (χ0) is 22.9. The summed E-state index contributed by atoms with van der Waals surface area (Å²) >= 11 is 0. The fraction of sp³-hybridized carbons (Fsp3) is 0.333. The van der Waals surface area contributed by atoms with Gasteiger partial charge in [0.25, 0.3) is 0 Å². The summed E-state index contributed by atoms with van der Waals surface area (Å²) < 4.78 is 42.7. The van der Waals surface area contributed by atoms with E-state index in [1.165, 1.54) is 13.1 Å². The molecule has 1 heterocycles. The molecule has 0 aliphatic carbocycles. The highest BCUT2D eigenvalue weighted by atomic mass is 19.1. The molecule has 3 rings (SSSR count). The Kier molecular flexibility index (Phi) is 6.65. The molecule has 0 fully saturated rings. The van der Waals surface area contributed by atoms with Crippen molar-refractivity contribution in [3.63, 3.8) is 0 Å². The molecule has 0 radical (unpaired) electrons. The maximum atomic E-state index is 13.9.